The summed E-state index contributed by atoms with van der Waals surface area (Å²) in [6, 6.07) is 9.95. The van der Waals surface area contributed by atoms with Crippen LogP contribution in [0.2, 0.25) is 0 Å². The monoisotopic (exact) mass is 458 g/mol. The van der Waals surface area contributed by atoms with Crippen LogP contribution in [0.1, 0.15) is 34.5 Å². The lowest BCUT2D eigenvalue weighted by molar-refractivity contribution is -0.143. The van der Waals surface area contributed by atoms with Gasteiger partial charge >= 0.3 is 12.1 Å². The van der Waals surface area contributed by atoms with Gasteiger partial charge in [-0.05, 0) is 62.2 Å². The summed E-state index contributed by atoms with van der Waals surface area (Å²) in [4.78, 5) is 34.0. The number of nitrogens with zero attached hydrogens (tertiary/aromatic N) is 3. The topological polar surface area (TPSA) is 95.4 Å². The van der Waals surface area contributed by atoms with E-state index in [9.17, 15) is 22.8 Å². The number of anilines is 2. The van der Waals surface area contributed by atoms with E-state index in [1.54, 1.807) is 36.1 Å². The first-order valence-corrected chi connectivity index (χ1v) is 10.4. The predicted octanol–water partition coefficient (Wildman–Crippen LogP) is 4.64. The number of aliphatic carboxylic acids is 1. The number of hydrogen-bond donors (Lipinski definition) is 2. The van der Waals surface area contributed by atoms with Gasteiger partial charge in [0.25, 0.3) is 5.91 Å². The van der Waals surface area contributed by atoms with Crippen LogP contribution in [-0.2, 0) is 11.0 Å². The molecule has 0 spiro atoms. The van der Waals surface area contributed by atoms with Crippen molar-refractivity contribution in [2.45, 2.75) is 25.9 Å². The second kappa shape index (κ2) is 8.68. The third-order valence-electron chi connectivity index (χ3n) is 5.69. The van der Waals surface area contributed by atoms with Gasteiger partial charge in [0, 0.05) is 24.3 Å². The van der Waals surface area contributed by atoms with Crippen LogP contribution in [0.4, 0.5) is 24.7 Å². The van der Waals surface area contributed by atoms with Crippen LogP contribution in [0.15, 0.2) is 42.5 Å². The molecule has 33 heavy (non-hydrogen) atoms. The zero-order valence-electron chi connectivity index (χ0n) is 17.7. The lowest BCUT2D eigenvalue weighted by Crippen LogP contribution is -2.40. The molecule has 1 aliphatic rings. The molecule has 2 N–H and O–H groups in total. The summed E-state index contributed by atoms with van der Waals surface area (Å²) in [7, 11) is 0. The number of aryl methyl sites for hydroxylation is 1. The van der Waals surface area contributed by atoms with Crippen LogP contribution >= 0.6 is 0 Å². The minimum atomic E-state index is -4.45. The summed E-state index contributed by atoms with van der Waals surface area (Å²) < 4.78 is 38.8. The van der Waals surface area contributed by atoms with E-state index >= 15 is 0 Å². The average molecular weight is 458 g/mol. The lowest BCUT2D eigenvalue weighted by atomic mass is 9.96. The van der Waals surface area contributed by atoms with Gasteiger partial charge in [0.05, 0.1) is 28.2 Å². The molecular weight excluding hydrogens is 437 g/mol. The highest BCUT2D eigenvalue weighted by molar-refractivity contribution is 5.94. The van der Waals surface area contributed by atoms with Gasteiger partial charge in [0.15, 0.2) is 5.82 Å². The van der Waals surface area contributed by atoms with Gasteiger partial charge < -0.3 is 15.3 Å². The number of carbonyl (C=O) groups excluding carboxylic acids is 1. The van der Waals surface area contributed by atoms with Crippen molar-refractivity contribution in [2.75, 3.05) is 18.4 Å². The Morgan fingerprint density at radius 1 is 1.03 bits per heavy atom. The summed E-state index contributed by atoms with van der Waals surface area (Å²) >= 11 is 0. The second-order valence-corrected chi connectivity index (χ2v) is 7.97. The molecule has 7 nitrogen and oxygen atoms in total. The van der Waals surface area contributed by atoms with Crippen LogP contribution in [0.5, 0.6) is 0 Å². The van der Waals surface area contributed by atoms with Gasteiger partial charge in [-0.25, -0.2) is 9.97 Å². The Kier molecular flexibility index (Phi) is 5.92. The number of amides is 1. The van der Waals surface area contributed by atoms with E-state index in [0.717, 1.165) is 12.1 Å². The second-order valence-electron chi connectivity index (χ2n) is 7.97. The fourth-order valence-corrected chi connectivity index (χ4v) is 3.78. The van der Waals surface area contributed by atoms with E-state index in [-0.39, 0.29) is 11.4 Å². The number of halogens is 3. The number of fused-ring (bicyclic) bond motifs is 1. The van der Waals surface area contributed by atoms with Gasteiger partial charge in [0.1, 0.15) is 0 Å². The highest BCUT2D eigenvalue weighted by atomic mass is 19.4. The van der Waals surface area contributed by atoms with Crippen molar-refractivity contribution in [1.82, 2.24) is 14.9 Å². The number of carboxylic acid groups (broad SMARTS) is 1. The Bertz CT molecular complexity index is 1200. The lowest BCUT2D eigenvalue weighted by Gasteiger charge is -2.30. The molecular formula is C23H21F3N4O3. The summed E-state index contributed by atoms with van der Waals surface area (Å²) in [6.45, 7) is 2.45. The summed E-state index contributed by atoms with van der Waals surface area (Å²) in [6.07, 6.45) is -3.58. The zero-order chi connectivity index (χ0) is 23.8. The van der Waals surface area contributed by atoms with Gasteiger partial charge in [-0.3, -0.25) is 9.59 Å². The number of carboxylic acids is 1. The molecule has 1 aromatic heterocycles. The molecule has 0 aliphatic carbocycles. The van der Waals surface area contributed by atoms with Gasteiger partial charge in [-0.1, -0.05) is 0 Å². The van der Waals surface area contributed by atoms with Crippen molar-refractivity contribution >= 4 is 34.4 Å². The molecule has 1 saturated heterocycles. The quantitative estimate of drug-likeness (QED) is 0.592. The number of piperidine rings is 1. The molecule has 2 aromatic carbocycles. The first-order chi connectivity index (χ1) is 15.6. The number of alkyl halides is 3. The van der Waals surface area contributed by atoms with E-state index in [0.29, 0.717) is 54.2 Å². The van der Waals surface area contributed by atoms with Crippen molar-refractivity contribution < 1.29 is 27.9 Å². The van der Waals surface area contributed by atoms with Crippen LogP contribution in [0.3, 0.4) is 0 Å². The normalized spacial score (nSPS) is 15.0. The highest BCUT2D eigenvalue weighted by Crippen LogP contribution is 2.31. The fourth-order valence-electron chi connectivity index (χ4n) is 3.78. The van der Waals surface area contributed by atoms with E-state index in [4.69, 9.17) is 5.11 Å². The summed E-state index contributed by atoms with van der Waals surface area (Å²) in [5.74, 6) is -0.998. The van der Waals surface area contributed by atoms with E-state index in [1.165, 1.54) is 6.07 Å². The predicted molar refractivity (Wildman–Crippen MR) is 115 cm³/mol. The Labute approximate surface area is 187 Å². The molecule has 10 heteroatoms. The van der Waals surface area contributed by atoms with E-state index < -0.39 is 23.6 Å². The van der Waals surface area contributed by atoms with Crippen LogP contribution in [0, 0.1) is 12.8 Å². The minimum absolute atomic E-state index is 0.153. The Balaban J connectivity index is 1.47. The highest BCUT2D eigenvalue weighted by Gasteiger charge is 2.31. The number of benzene rings is 2. The minimum Gasteiger partial charge on any atom is -0.481 e. The Hall–Kier alpha value is -3.69. The van der Waals surface area contributed by atoms with Crippen LogP contribution in [0.25, 0.3) is 11.0 Å². The number of likely N-dealkylation sites (tertiary alicyclic amines) is 1. The van der Waals surface area contributed by atoms with E-state index in [1.807, 2.05) is 0 Å². The number of aromatic nitrogens is 2. The number of rotatable bonds is 4. The Morgan fingerprint density at radius 3 is 2.30 bits per heavy atom. The molecule has 0 radical (unpaired) electrons. The van der Waals surface area contributed by atoms with Gasteiger partial charge in [0.2, 0.25) is 0 Å². The van der Waals surface area contributed by atoms with Gasteiger partial charge in [-0.15, -0.1) is 0 Å². The molecule has 1 aliphatic heterocycles. The van der Waals surface area contributed by atoms with Crippen LogP contribution in [-0.4, -0.2) is 44.9 Å². The van der Waals surface area contributed by atoms with Crippen molar-refractivity contribution in [2.24, 2.45) is 5.92 Å². The SMILES string of the molecule is Cc1nc2cc(C(F)(F)F)ccc2nc1Nc1ccc(C(=O)N2CCC(C(=O)O)CC2)cc1. The number of hydrogen-bond acceptors (Lipinski definition) is 5. The molecule has 0 atom stereocenters. The smallest absolute Gasteiger partial charge is 0.416 e. The molecule has 1 amide bonds. The standard InChI is InChI=1S/C23H21F3N4O3/c1-13-20(29-18-7-4-16(23(24,25)26)12-19(18)27-13)28-17-5-2-14(3-6-17)21(31)30-10-8-15(9-11-30)22(32)33/h2-7,12,15H,8-11H2,1H3,(H,28,29)(H,32,33). The summed E-state index contributed by atoms with van der Waals surface area (Å²) in [5.41, 5.74) is 1.25. The molecule has 1 fully saturated rings. The molecule has 172 valence electrons. The number of carbonyl (C=O) groups is 2. The first kappa shape index (κ1) is 22.5. The zero-order valence-corrected chi connectivity index (χ0v) is 17.7. The van der Waals surface area contributed by atoms with Crippen molar-refractivity contribution in [3.8, 4) is 0 Å². The number of nitrogens with one attached hydrogen (secondary N) is 1. The Morgan fingerprint density at radius 2 is 1.70 bits per heavy atom. The molecule has 3 aromatic rings. The maximum absolute atomic E-state index is 12.9. The van der Waals surface area contributed by atoms with Crippen molar-refractivity contribution in [3.05, 3.63) is 59.3 Å². The summed E-state index contributed by atoms with van der Waals surface area (Å²) in [5, 5.41) is 12.2. The largest absolute Gasteiger partial charge is 0.481 e. The molecule has 4 rings (SSSR count). The first-order valence-electron chi connectivity index (χ1n) is 10.4. The molecule has 0 unspecified atom stereocenters. The molecule has 2 heterocycles. The van der Waals surface area contributed by atoms with Crippen molar-refractivity contribution in [3.63, 3.8) is 0 Å². The van der Waals surface area contributed by atoms with Crippen molar-refractivity contribution in [1.29, 1.82) is 0 Å². The van der Waals surface area contributed by atoms with Gasteiger partial charge in [-0.2, -0.15) is 13.2 Å². The average Bonchev–Trinajstić information content (AvgIpc) is 2.78. The molecule has 0 bridgehead atoms. The maximum atomic E-state index is 12.9. The van der Waals surface area contributed by atoms with Crippen LogP contribution < -0.4 is 5.32 Å². The fraction of sp³-hybridized carbons (Fsp3) is 0.304. The maximum Gasteiger partial charge on any atom is 0.416 e. The third kappa shape index (κ3) is 4.89. The van der Waals surface area contributed by atoms with E-state index in [2.05, 4.69) is 15.3 Å². The third-order valence-corrected chi connectivity index (χ3v) is 5.69. The molecule has 0 saturated carbocycles.